The quantitative estimate of drug-likeness (QED) is 0.669. The summed E-state index contributed by atoms with van der Waals surface area (Å²) in [6.07, 6.45) is 0.312. The third-order valence-corrected chi connectivity index (χ3v) is 3.09. The molecule has 96 valence electrons. The van der Waals surface area contributed by atoms with Crippen molar-refractivity contribution in [1.29, 1.82) is 0 Å². The predicted octanol–water partition coefficient (Wildman–Crippen LogP) is 3.47. The topological polar surface area (TPSA) is 51.2 Å². The molecule has 2 aromatic rings. The molecule has 6 heteroatoms. The molecule has 1 aromatic carbocycles. The van der Waals surface area contributed by atoms with Crippen molar-refractivity contribution in [1.82, 2.24) is 5.43 Å². The third-order valence-electron chi connectivity index (χ3n) is 2.59. The number of furan rings is 1. The van der Waals surface area contributed by atoms with E-state index in [4.69, 9.17) is 33.5 Å². The Morgan fingerprint density at radius 2 is 2.06 bits per heavy atom. The number of hydrogen-bond acceptors (Lipinski definition) is 3. The molecule has 0 spiro atoms. The Hall–Kier alpha value is -1.07. The van der Waals surface area contributed by atoms with Crippen molar-refractivity contribution in [3.63, 3.8) is 0 Å². The van der Waals surface area contributed by atoms with E-state index < -0.39 is 5.82 Å². The summed E-state index contributed by atoms with van der Waals surface area (Å²) in [5.74, 6) is 5.54. The first-order chi connectivity index (χ1) is 8.61. The van der Waals surface area contributed by atoms with E-state index in [9.17, 15) is 4.39 Å². The molecule has 0 fully saturated rings. The van der Waals surface area contributed by atoms with Gasteiger partial charge in [-0.25, -0.2) is 9.82 Å². The van der Waals surface area contributed by atoms with Gasteiger partial charge in [-0.15, -0.1) is 0 Å². The van der Waals surface area contributed by atoms with Gasteiger partial charge in [0, 0.05) is 0 Å². The maximum absolute atomic E-state index is 13.8. The molecule has 2 rings (SSSR count). The summed E-state index contributed by atoms with van der Waals surface area (Å²) in [6, 6.07) is 7.75. The van der Waals surface area contributed by atoms with Crippen LogP contribution in [0, 0.1) is 5.82 Å². The predicted molar refractivity (Wildman–Crippen MR) is 68.9 cm³/mol. The average Bonchev–Trinajstić information content (AvgIpc) is 2.78. The highest BCUT2D eigenvalue weighted by Gasteiger charge is 2.17. The Kier molecular flexibility index (Phi) is 4.24. The number of nitrogens with one attached hydrogen (secondary N) is 1. The summed E-state index contributed by atoms with van der Waals surface area (Å²) in [5, 5.41) is 0.345. The lowest BCUT2D eigenvalue weighted by Gasteiger charge is -2.14. The molecule has 0 saturated carbocycles. The van der Waals surface area contributed by atoms with Crippen LogP contribution >= 0.6 is 23.2 Å². The highest BCUT2D eigenvalue weighted by molar-refractivity contribution is 6.30. The number of hydrazine groups is 1. The zero-order valence-corrected chi connectivity index (χ0v) is 10.8. The van der Waals surface area contributed by atoms with Crippen LogP contribution in [0.3, 0.4) is 0 Å². The Morgan fingerprint density at radius 3 is 2.67 bits per heavy atom. The average molecular weight is 289 g/mol. The smallest absolute Gasteiger partial charge is 0.193 e. The lowest BCUT2D eigenvalue weighted by atomic mass is 10.0. The molecule has 3 N–H and O–H groups in total. The number of hydrogen-bond donors (Lipinski definition) is 2. The van der Waals surface area contributed by atoms with Crippen LogP contribution in [0.15, 0.2) is 34.7 Å². The Bertz CT molecular complexity index is 545. The summed E-state index contributed by atoms with van der Waals surface area (Å²) in [4.78, 5) is 0. The van der Waals surface area contributed by atoms with Crippen molar-refractivity contribution in [2.24, 2.45) is 5.84 Å². The fourth-order valence-electron chi connectivity index (χ4n) is 1.68. The van der Waals surface area contributed by atoms with Gasteiger partial charge in [-0.3, -0.25) is 5.84 Å². The van der Waals surface area contributed by atoms with Crippen LogP contribution in [0.1, 0.15) is 17.4 Å². The van der Waals surface area contributed by atoms with Gasteiger partial charge in [-0.1, -0.05) is 23.7 Å². The molecule has 1 atom stereocenters. The SMILES string of the molecule is NNC(Cc1cccc(Cl)c1F)c1ccc(Cl)o1. The third kappa shape index (κ3) is 2.84. The molecule has 1 heterocycles. The van der Waals surface area contributed by atoms with Crippen LogP contribution in [-0.4, -0.2) is 0 Å². The largest absolute Gasteiger partial charge is 0.448 e. The van der Waals surface area contributed by atoms with Crippen molar-refractivity contribution in [3.05, 3.63) is 57.7 Å². The monoisotopic (exact) mass is 288 g/mol. The van der Waals surface area contributed by atoms with Crippen molar-refractivity contribution in [3.8, 4) is 0 Å². The lowest BCUT2D eigenvalue weighted by molar-refractivity contribution is 0.413. The van der Waals surface area contributed by atoms with Gasteiger partial charge >= 0.3 is 0 Å². The van der Waals surface area contributed by atoms with E-state index in [0.29, 0.717) is 17.7 Å². The molecule has 0 saturated heterocycles. The molecular formula is C12H11Cl2FN2O. The van der Waals surface area contributed by atoms with Crippen molar-refractivity contribution < 1.29 is 8.81 Å². The van der Waals surface area contributed by atoms with Crippen LogP contribution in [-0.2, 0) is 6.42 Å². The summed E-state index contributed by atoms with van der Waals surface area (Å²) >= 11 is 11.4. The van der Waals surface area contributed by atoms with Gasteiger partial charge in [0.05, 0.1) is 11.1 Å². The summed E-state index contributed by atoms with van der Waals surface area (Å²) < 4.78 is 19.0. The van der Waals surface area contributed by atoms with Gasteiger partial charge in [0.15, 0.2) is 5.22 Å². The summed E-state index contributed by atoms with van der Waals surface area (Å²) in [5.41, 5.74) is 3.02. The normalized spacial score (nSPS) is 12.7. The fourth-order valence-corrected chi connectivity index (χ4v) is 2.03. The molecule has 0 aliphatic rings. The zero-order valence-electron chi connectivity index (χ0n) is 9.29. The van der Waals surface area contributed by atoms with E-state index in [-0.39, 0.29) is 16.3 Å². The number of nitrogens with two attached hydrogens (primary N) is 1. The number of rotatable bonds is 4. The van der Waals surface area contributed by atoms with Gasteiger partial charge in [-0.2, -0.15) is 0 Å². The number of benzene rings is 1. The first-order valence-corrected chi connectivity index (χ1v) is 6.01. The lowest BCUT2D eigenvalue weighted by Crippen LogP contribution is -2.29. The van der Waals surface area contributed by atoms with Crippen molar-refractivity contribution in [2.75, 3.05) is 0 Å². The minimum absolute atomic E-state index is 0.0840. The molecule has 1 aromatic heterocycles. The first kappa shape index (κ1) is 13.4. The standard InChI is InChI=1S/C12H11Cl2FN2O/c13-8-3-1-2-7(12(8)15)6-9(17-16)10-4-5-11(14)18-10/h1-5,9,17H,6,16H2. The fraction of sp³-hybridized carbons (Fsp3) is 0.167. The van der Waals surface area contributed by atoms with Crippen LogP contribution in [0.5, 0.6) is 0 Å². The van der Waals surface area contributed by atoms with E-state index in [0.717, 1.165) is 0 Å². The van der Waals surface area contributed by atoms with E-state index in [2.05, 4.69) is 5.43 Å². The molecule has 1 unspecified atom stereocenters. The minimum atomic E-state index is -0.447. The summed E-state index contributed by atoms with van der Waals surface area (Å²) in [6.45, 7) is 0. The van der Waals surface area contributed by atoms with E-state index >= 15 is 0 Å². The Morgan fingerprint density at radius 1 is 1.28 bits per heavy atom. The number of halogens is 3. The minimum Gasteiger partial charge on any atom is -0.448 e. The van der Waals surface area contributed by atoms with Crippen molar-refractivity contribution in [2.45, 2.75) is 12.5 Å². The van der Waals surface area contributed by atoms with Gasteiger partial charge in [0.1, 0.15) is 11.6 Å². The molecule has 3 nitrogen and oxygen atoms in total. The van der Waals surface area contributed by atoms with Gasteiger partial charge in [0.25, 0.3) is 0 Å². The molecule has 0 radical (unpaired) electrons. The summed E-state index contributed by atoms with van der Waals surface area (Å²) in [7, 11) is 0. The van der Waals surface area contributed by atoms with E-state index in [1.54, 1.807) is 24.3 Å². The molecular weight excluding hydrogens is 278 g/mol. The highest BCUT2D eigenvalue weighted by atomic mass is 35.5. The Labute approximate surface area is 114 Å². The second kappa shape index (κ2) is 5.71. The molecule has 0 bridgehead atoms. The maximum atomic E-state index is 13.8. The van der Waals surface area contributed by atoms with Crippen LogP contribution in [0.4, 0.5) is 4.39 Å². The first-order valence-electron chi connectivity index (χ1n) is 5.26. The Balaban J connectivity index is 2.23. The molecule has 0 aliphatic carbocycles. The molecule has 0 amide bonds. The van der Waals surface area contributed by atoms with Gasteiger partial charge in [0.2, 0.25) is 0 Å². The van der Waals surface area contributed by atoms with E-state index in [1.165, 1.54) is 6.07 Å². The van der Waals surface area contributed by atoms with E-state index in [1.807, 2.05) is 0 Å². The van der Waals surface area contributed by atoms with Gasteiger partial charge < -0.3 is 4.42 Å². The highest BCUT2D eigenvalue weighted by Crippen LogP contribution is 2.25. The van der Waals surface area contributed by atoms with Crippen LogP contribution in [0.2, 0.25) is 10.2 Å². The van der Waals surface area contributed by atoms with Crippen LogP contribution < -0.4 is 11.3 Å². The molecule has 0 aliphatic heterocycles. The second-order valence-electron chi connectivity index (χ2n) is 3.78. The zero-order chi connectivity index (χ0) is 13.1. The van der Waals surface area contributed by atoms with Gasteiger partial charge in [-0.05, 0) is 41.8 Å². The molecule has 18 heavy (non-hydrogen) atoms. The van der Waals surface area contributed by atoms with Crippen molar-refractivity contribution >= 4 is 23.2 Å². The maximum Gasteiger partial charge on any atom is 0.193 e. The second-order valence-corrected chi connectivity index (χ2v) is 4.56. The van der Waals surface area contributed by atoms with Crippen LogP contribution in [0.25, 0.3) is 0 Å².